The van der Waals surface area contributed by atoms with E-state index < -0.39 is 11.8 Å². The summed E-state index contributed by atoms with van der Waals surface area (Å²) in [5.74, 6) is -1.25. The van der Waals surface area contributed by atoms with Crippen molar-refractivity contribution in [3.05, 3.63) is 51.3 Å². The maximum Gasteiger partial charge on any atom is 0.329 e. The second-order valence-corrected chi connectivity index (χ2v) is 7.38. The Labute approximate surface area is 168 Å². The fourth-order valence-corrected chi connectivity index (χ4v) is 2.82. The number of hydrazone groups is 1. The Bertz CT molecular complexity index is 888. The van der Waals surface area contributed by atoms with Gasteiger partial charge in [-0.2, -0.15) is 5.10 Å². The molecule has 0 aliphatic rings. The van der Waals surface area contributed by atoms with Gasteiger partial charge in [-0.05, 0) is 44.0 Å². The molecule has 0 spiro atoms. The number of carbonyl (C=O) groups excluding carboxylic acids is 2. The largest absolute Gasteiger partial charge is 0.348 e. The minimum Gasteiger partial charge on any atom is -0.348 e. The van der Waals surface area contributed by atoms with Crippen LogP contribution in [0.3, 0.4) is 0 Å². The first-order valence-electron chi connectivity index (χ1n) is 8.46. The molecule has 0 saturated heterocycles. The van der Waals surface area contributed by atoms with Crippen LogP contribution in [-0.4, -0.2) is 29.1 Å². The minimum atomic E-state index is -0.801. The van der Waals surface area contributed by atoms with Gasteiger partial charge < -0.3 is 9.88 Å². The Balaban J connectivity index is 2.12. The van der Waals surface area contributed by atoms with Crippen LogP contribution in [0, 0.1) is 19.8 Å². The maximum atomic E-state index is 11.7. The predicted octanol–water partition coefficient (Wildman–Crippen LogP) is 3.62. The number of aromatic nitrogens is 1. The van der Waals surface area contributed by atoms with Crippen molar-refractivity contribution >= 4 is 41.2 Å². The average Bonchev–Trinajstić information content (AvgIpc) is 2.89. The lowest BCUT2D eigenvalue weighted by Crippen LogP contribution is -2.39. The topological polar surface area (TPSA) is 75.5 Å². The van der Waals surface area contributed by atoms with Crippen molar-refractivity contribution in [2.45, 2.75) is 27.7 Å². The van der Waals surface area contributed by atoms with Crippen LogP contribution in [0.2, 0.25) is 10.0 Å². The third kappa shape index (κ3) is 5.34. The number of nitrogens with zero attached hydrogens (tertiary/aromatic N) is 2. The lowest BCUT2D eigenvalue weighted by molar-refractivity contribution is -0.139. The first kappa shape index (κ1) is 21.0. The molecule has 2 amide bonds. The SMILES string of the molecule is Cc1cc(/C=N\NC(=O)C(=O)NCC(C)C)c(C)n1-c1ccc(Cl)c(Cl)c1. The first-order chi connectivity index (χ1) is 12.7. The van der Waals surface area contributed by atoms with E-state index in [1.807, 2.05) is 44.4 Å². The van der Waals surface area contributed by atoms with Gasteiger partial charge in [0.2, 0.25) is 0 Å². The van der Waals surface area contributed by atoms with Crippen LogP contribution in [0.1, 0.15) is 30.8 Å². The van der Waals surface area contributed by atoms with Crippen LogP contribution < -0.4 is 10.7 Å². The Kier molecular flexibility index (Phi) is 7.05. The van der Waals surface area contributed by atoms with E-state index in [1.165, 1.54) is 6.21 Å². The molecule has 0 atom stereocenters. The van der Waals surface area contributed by atoms with Gasteiger partial charge >= 0.3 is 11.8 Å². The number of benzene rings is 1. The van der Waals surface area contributed by atoms with Crippen molar-refractivity contribution in [3.63, 3.8) is 0 Å². The first-order valence-corrected chi connectivity index (χ1v) is 9.22. The van der Waals surface area contributed by atoms with Crippen molar-refractivity contribution < 1.29 is 9.59 Å². The summed E-state index contributed by atoms with van der Waals surface area (Å²) in [5.41, 5.74) is 5.79. The summed E-state index contributed by atoms with van der Waals surface area (Å²) in [7, 11) is 0. The molecule has 0 aliphatic heterocycles. The second kappa shape index (κ2) is 9.06. The zero-order valence-corrected chi connectivity index (χ0v) is 17.1. The fraction of sp³-hybridized carbons (Fsp3) is 0.316. The van der Waals surface area contributed by atoms with Crippen molar-refractivity contribution in [2.75, 3.05) is 6.54 Å². The molecule has 1 heterocycles. The van der Waals surface area contributed by atoms with Crippen LogP contribution >= 0.6 is 23.2 Å². The molecule has 27 heavy (non-hydrogen) atoms. The van der Waals surface area contributed by atoms with E-state index in [0.29, 0.717) is 16.6 Å². The van der Waals surface area contributed by atoms with Crippen LogP contribution in [0.5, 0.6) is 0 Å². The number of hydrogen-bond donors (Lipinski definition) is 2. The maximum absolute atomic E-state index is 11.7. The summed E-state index contributed by atoms with van der Waals surface area (Å²) in [5, 5.41) is 7.38. The molecular formula is C19H22Cl2N4O2. The van der Waals surface area contributed by atoms with Crippen molar-refractivity contribution in [1.82, 2.24) is 15.3 Å². The smallest absolute Gasteiger partial charge is 0.329 e. The quantitative estimate of drug-likeness (QED) is 0.450. The van der Waals surface area contributed by atoms with Crippen molar-refractivity contribution in [3.8, 4) is 5.69 Å². The summed E-state index contributed by atoms with van der Waals surface area (Å²) in [4.78, 5) is 23.4. The van der Waals surface area contributed by atoms with E-state index in [0.717, 1.165) is 22.6 Å². The van der Waals surface area contributed by atoms with E-state index in [-0.39, 0.29) is 5.92 Å². The number of aryl methyl sites for hydroxylation is 1. The number of carbonyl (C=O) groups is 2. The Hall–Kier alpha value is -2.31. The van der Waals surface area contributed by atoms with Crippen LogP contribution in [0.25, 0.3) is 5.69 Å². The monoisotopic (exact) mass is 408 g/mol. The summed E-state index contributed by atoms with van der Waals surface area (Å²) in [6, 6.07) is 7.32. The van der Waals surface area contributed by atoms with E-state index >= 15 is 0 Å². The van der Waals surface area contributed by atoms with Crippen molar-refractivity contribution in [1.29, 1.82) is 0 Å². The van der Waals surface area contributed by atoms with Gasteiger partial charge in [-0.15, -0.1) is 0 Å². The van der Waals surface area contributed by atoms with Crippen LogP contribution in [0.4, 0.5) is 0 Å². The minimum absolute atomic E-state index is 0.261. The van der Waals surface area contributed by atoms with Gasteiger partial charge in [0.25, 0.3) is 0 Å². The fourth-order valence-electron chi connectivity index (χ4n) is 2.53. The summed E-state index contributed by atoms with van der Waals surface area (Å²) in [6.07, 6.45) is 1.50. The van der Waals surface area contributed by atoms with Crippen LogP contribution in [0.15, 0.2) is 29.4 Å². The molecule has 2 aromatic rings. The highest BCUT2D eigenvalue weighted by molar-refractivity contribution is 6.42. The van der Waals surface area contributed by atoms with Gasteiger partial charge in [-0.1, -0.05) is 37.0 Å². The van der Waals surface area contributed by atoms with Gasteiger partial charge in [0.1, 0.15) is 0 Å². The van der Waals surface area contributed by atoms with Gasteiger partial charge in [-0.3, -0.25) is 9.59 Å². The number of rotatable bonds is 5. The molecule has 0 fully saturated rings. The zero-order chi connectivity index (χ0) is 20.1. The summed E-state index contributed by atoms with van der Waals surface area (Å²) < 4.78 is 2.00. The van der Waals surface area contributed by atoms with E-state index in [2.05, 4.69) is 15.8 Å². The van der Waals surface area contributed by atoms with Crippen molar-refractivity contribution in [2.24, 2.45) is 11.0 Å². The molecule has 1 aromatic heterocycles. The molecule has 144 valence electrons. The second-order valence-electron chi connectivity index (χ2n) is 6.56. The molecule has 8 heteroatoms. The van der Waals surface area contributed by atoms with E-state index in [4.69, 9.17) is 23.2 Å². The predicted molar refractivity (Wildman–Crippen MR) is 109 cm³/mol. The zero-order valence-electron chi connectivity index (χ0n) is 15.6. The van der Waals surface area contributed by atoms with E-state index in [1.54, 1.807) is 12.1 Å². The molecule has 1 aromatic carbocycles. The lowest BCUT2D eigenvalue weighted by atomic mass is 10.2. The Morgan fingerprint density at radius 3 is 2.48 bits per heavy atom. The highest BCUT2D eigenvalue weighted by atomic mass is 35.5. The number of amides is 2. The third-order valence-electron chi connectivity index (χ3n) is 3.88. The Morgan fingerprint density at radius 2 is 1.85 bits per heavy atom. The third-order valence-corrected chi connectivity index (χ3v) is 4.62. The molecule has 0 saturated carbocycles. The van der Waals surface area contributed by atoms with Gasteiger partial charge in [-0.25, -0.2) is 5.43 Å². The van der Waals surface area contributed by atoms with Crippen LogP contribution in [-0.2, 0) is 9.59 Å². The molecule has 2 N–H and O–H groups in total. The highest BCUT2D eigenvalue weighted by Crippen LogP contribution is 2.27. The van der Waals surface area contributed by atoms with Gasteiger partial charge in [0, 0.05) is 29.2 Å². The molecule has 0 radical (unpaired) electrons. The molecule has 6 nitrogen and oxygen atoms in total. The summed E-state index contributed by atoms with van der Waals surface area (Å²) in [6.45, 7) is 8.19. The molecule has 2 rings (SSSR count). The van der Waals surface area contributed by atoms with E-state index in [9.17, 15) is 9.59 Å². The Morgan fingerprint density at radius 1 is 1.15 bits per heavy atom. The highest BCUT2D eigenvalue weighted by Gasteiger charge is 2.13. The molecule has 0 bridgehead atoms. The average molecular weight is 409 g/mol. The van der Waals surface area contributed by atoms with Gasteiger partial charge in [0.15, 0.2) is 0 Å². The molecular weight excluding hydrogens is 387 g/mol. The molecule has 0 unspecified atom stereocenters. The molecule has 0 aliphatic carbocycles. The lowest BCUT2D eigenvalue weighted by Gasteiger charge is -2.10. The van der Waals surface area contributed by atoms with Gasteiger partial charge in [0.05, 0.1) is 16.3 Å². The summed E-state index contributed by atoms with van der Waals surface area (Å²) >= 11 is 12.1. The normalized spacial score (nSPS) is 11.2. The number of halogens is 2. The number of hydrogen-bond acceptors (Lipinski definition) is 3. The standard InChI is InChI=1S/C19H22Cl2N4O2/c1-11(2)9-22-18(26)19(27)24-23-10-14-7-12(3)25(13(14)4)15-5-6-16(20)17(21)8-15/h5-8,10-11H,9H2,1-4H3,(H,22,26)(H,24,27)/b23-10-. The number of nitrogens with one attached hydrogen (secondary N) is 2.